The Morgan fingerprint density at radius 2 is 1.92 bits per heavy atom. The van der Waals surface area contributed by atoms with Crippen LogP contribution in [0.15, 0.2) is 48.0 Å². The number of hydrogen-bond acceptors (Lipinski definition) is 5. The summed E-state index contributed by atoms with van der Waals surface area (Å²) in [6.07, 6.45) is 1.40. The molecule has 0 spiro atoms. The van der Waals surface area contributed by atoms with Crippen molar-refractivity contribution in [2.75, 3.05) is 20.3 Å². The van der Waals surface area contributed by atoms with Gasteiger partial charge in [0.2, 0.25) is 0 Å². The zero-order valence-corrected chi connectivity index (χ0v) is 14.7. The molecule has 0 fully saturated rings. The number of hydrogen-bond donors (Lipinski definition) is 1. The van der Waals surface area contributed by atoms with E-state index in [9.17, 15) is 4.79 Å². The molecule has 2 aromatic carbocycles. The van der Waals surface area contributed by atoms with Crippen LogP contribution >= 0.6 is 0 Å². The summed E-state index contributed by atoms with van der Waals surface area (Å²) in [7, 11) is 1.51. The van der Waals surface area contributed by atoms with E-state index in [2.05, 4.69) is 0 Å². The number of methoxy groups -OCH3 is 1. The number of nitriles is 1. The number of ether oxygens (including phenoxy) is 3. The summed E-state index contributed by atoms with van der Waals surface area (Å²) >= 11 is 0. The third-order valence-electron chi connectivity index (χ3n) is 3.48. The van der Waals surface area contributed by atoms with E-state index in [1.54, 1.807) is 24.3 Å². The van der Waals surface area contributed by atoms with Gasteiger partial charge in [-0.15, -0.1) is 0 Å². The highest BCUT2D eigenvalue weighted by Crippen LogP contribution is 2.29. The van der Waals surface area contributed by atoms with Crippen molar-refractivity contribution in [3.8, 4) is 23.3 Å². The zero-order chi connectivity index (χ0) is 18.9. The zero-order valence-electron chi connectivity index (χ0n) is 14.7. The first-order valence-corrected chi connectivity index (χ1v) is 7.95. The first-order chi connectivity index (χ1) is 12.5. The van der Waals surface area contributed by atoms with Crippen LogP contribution in [0.25, 0.3) is 6.08 Å². The highest BCUT2D eigenvalue weighted by atomic mass is 16.5. The number of carbonyl (C=O) groups is 1. The monoisotopic (exact) mass is 352 g/mol. The maximum Gasteiger partial charge on any atom is 0.259 e. The van der Waals surface area contributed by atoms with E-state index < -0.39 is 5.91 Å². The van der Waals surface area contributed by atoms with E-state index in [1.165, 1.54) is 13.2 Å². The van der Waals surface area contributed by atoms with E-state index in [1.807, 2.05) is 31.2 Å². The Morgan fingerprint density at radius 3 is 2.58 bits per heavy atom. The summed E-state index contributed by atoms with van der Waals surface area (Å²) < 4.78 is 16.6. The normalized spacial score (nSPS) is 10.7. The van der Waals surface area contributed by atoms with Crippen molar-refractivity contribution in [2.45, 2.75) is 6.92 Å². The summed E-state index contributed by atoms with van der Waals surface area (Å²) in [5, 5.41) is 8.90. The van der Waals surface area contributed by atoms with Crippen LogP contribution in [0.1, 0.15) is 11.1 Å². The average Bonchev–Trinajstić information content (AvgIpc) is 2.63. The molecule has 0 aliphatic carbocycles. The fourth-order valence-electron chi connectivity index (χ4n) is 2.23. The molecule has 6 nitrogen and oxygen atoms in total. The third-order valence-corrected chi connectivity index (χ3v) is 3.48. The molecule has 0 heterocycles. The lowest BCUT2D eigenvalue weighted by molar-refractivity contribution is -0.114. The number of carbonyl (C=O) groups excluding carboxylic acids is 1. The van der Waals surface area contributed by atoms with Crippen molar-refractivity contribution < 1.29 is 19.0 Å². The molecule has 134 valence electrons. The van der Waals surface area contributed by atoms with Crippen LogP contribution in [0.4, 0.5) is 0 Å². The minimum Gasteiger partial charge on any atom is -0.493 e. The lowest BCUT2D eigenvalue weighted by atomic mass is 10.1. The number of primary amides is 1. The second-order valence-electron chi connectivity index (χ2n) is 5.46. The predicted molar refractivity (Wildman–Crippen MR) is 97.9 cm³/mol. The van der Waals surface area contributed by atoms with E-state index in [0.717, 1.165) is 11.3 Å². The number of aryl methyl sites for hydroxylation is 1. The van der Waals surface area contributed by atoms with Gasteiger partial charge >= 0.3 is 0 Å². The molecule has 26 heavy (non-hydrogen) atoms. The van der Waals surface area contributed by atoms with Gasteiger partial charge in [-0.1, -0.05) is 18.2 Å². The van der Waals surface area contributed by atoms with Crippen LogP contribution in [0.3, 0.4) is 0 Å². The molecule has 0 aliphatic heterocycles. The smallest absolute Gasteiger partial charge is 0.259 e. The van der Waals surface area contributed by atoms with Crippen molar-refractivity contribution >= 4 is 12.0 Å². The predicted octanol–water partition coefficient (Wildman–Crippen LogP) is 2.85. The number of rotatable bonds is 8. The lowest BCUT2D eigenvalue weighted by Gasteiger charge is -2.12. The van der Waals surface area contributed by atoms with Crippen molar-refractivity contribution in [2.24, 2.45) is 5.73 Å². The molecule has 0 aromatic heterocycles. The van der Waals surface area contributed by atoms with Gasteiger partial charge in [-0.25, -0.2) is 0 Å². The van der Waals surface area contributed by atoms with Gasteiger partial charge in [-0.2, -0.15) is 5.26 Å². The molecule has 0 bridgehead atoms. The second kappa shape index (κ2) is 9.14. The Kier molecular flexibility index (Phi) is 6.63. The minimum absolute atomic E-state index is 0.132. The van der Waals surface area contributed by atoms with Gasteiger partial charge in [-0.05, 0) is 48.4 Å². The largest absolute Gasteiger partial charge is 0.493 e. The van der Waals surface area contributed by atoms with Crippen LogP contribution in [-0.2, 0) is 4.79 Å². The summed E-state index contributed by atoms with van der Waals surface area (Å²) in [4.78, 5) is 11.1. The summed E-state index contributed by atoms with van der Waals surface area (Å²) in [6, 6.07) is 14.6. The van der Waals surface area contributed by atoms with Gasteiger partial charge in [0.1, 0.15) is 30.6 Å². The Balaban J connectivity index is 1.99. The first-order valence-electron chi connectivity index (χ1n) is 7.95. The molecule has 0 unspecified atom stereocenters. The SMILES string of the molecule is COc1cc(/C=C(\C#N)C(N)=O)ccc1OCCOc1cccc(C)c1. The molecule has 0 atom stereocenters. The number of nitrogens with zero attached hydrogens (tertiary/aromatic N) is 1. The number of benzene rings is 2. The van der Waals surface area contributed by atoms with Crippen LogP contribution < -0.4 is 19.9 Å². The van der Waals surface area contributed by atoms with Crippen molar-refractivity contribution in [3.05, 3.63) is 59.2 Å². The molecule has 2 N–H and O–H groups in total. The van der Waals surface area contributed by atoms with E-state index >= 15 is 0 Å². The van der Waals surface area contributed by atoms with Crippen LogP contribution in [0.5, 0.6) is 17.2 Å². The number of amides is 1. The Labute approximate surface area is 152 Å². The summed E-state index contributed by atoms with van der Waals surface area (Å²) in [5.74, 6) is 1.03. The Morgan fingerprint density at radius 1 is 1.15 bits per heavy atom. The second-order valence-corrected chi connectivity index (χ2v) is 5.46. The minimum atomic E-state index is -0.778. The van der Waals surface area contributed by atoms with Crippen LogP contribution in [0.2, 0.25) is 0 Å². The third kappa shape index (κ3) is 5.28. The van der Waals surface area contributed by atoms with E-state index in [-0.39, 0.29) is 5.57 Å². The molecular weight excluding hydrogens is 332 g/mol. The van der Waals surface area contributed by atoms with Gasteiger partial charge in [0.15, 0.2) is 11.5 Å². The average molecular weight is 352 g/mol. The molecular formula is C20H20N2O4. The molecule has 2 rings (SSSR count). The quantitative estimate of drug-likeness (QED) is 0.448. The van der Waals surface area contributed by atoms with Gasteiger partial charge in [0, 0.05) is 0 Å². The van der Waals surface area contributed by atoms with Gasteiger partial charge in [0.05, 0.1) is 7.11 Å². The molecule has 0 aliphatic rings. The molecule has 2 aromatic rings. The van der Waals surface area contributed by atoms with Gasteiger partial charge < -0.3 is 19.9 Å². The summed E-state index contributed by atoms with van der Waals surface area (Å²) in [5.41, 5.74) is 6.74. The Bertz CT molecular complexity index is 853. The molecule has 1 amide bonds. The molecule has 0 saturated heterocycles. The van der Waals surface area contributed by atoms with E-state index in [0.29, 0.717) is 30.3 Å². The summed E-state index contributed by atoms with van der Waals surface area (Å²) in [6.45, 7) is 2.72. The van der Waals surface area contributed by atoms with Crippen LogP contribution in [-0.4, -0.2) is 26.2 Å². The molecule has 0 radical (unpaired) electrons. The van der Waals surface area contributed by atoms with Crippen LogP contribution in [0, 0.1) is 18.3 Å². The standard InChI is InChI=1S/C20H20N2O4/c1-14-4-3-5-17(10-14)25-8-9-26-18-7-6-15(12-19(18)24-2)11-16(13-21)20(22)23/h3-7,10-12H,8-9H2,1-2H3,(H2,22,23)/b16-11+. The first kappa shape index (κ1) is 18.9. The number of nitrogens with two attached hydrogens (primary N) is 1. The fourth-order valence-corrected chi connectivity index (χ4v) is 2.23. The van der Waals surface area contributed by atoms with Crippen molar-refractivity contribution in [3.63, 3.8) is 0 Å². The van der Waals surface area contributed by atoms with Gasteiger partial charge in [-0.3, -0.25) is 4.79 Å². The lowest BCUT2D eigenvalue weighted by Crippen LogP contribution is -2.12. The molecule has 6 heteroatoms. The maximum absolute atomic E-state index is 11.1. The highest BCUT2D eigenvalue weighted by Gasteiger charge is 2.08. The van der Waals surface area contributed by atoms with Crippen molar-refractivity contribution in [1.82, 2.24) is 0 Å². The molecule has 0 saturated carbocycles. The highest BCUT2D eigenvalue weighted by molar-refractivity contribution is 6.00. The fraction of sp³-hybridized carbons (Fsp3) is 0.200. The van der Waals surface area contributed by atoms with E-state index in [4.69, 9.17) is 25.2 Å². The Hall–Kier alpha value is -3.46. The maximum atomic E-state index is 11.1. The van der Waals surface area contributed by atoms with Crippen molar-refractivity contribution in [1.29, 1.82) is 5.26 Å². The topological polar surface area (TPSA) is 94.6 Å². The van der Waals surface area contributed by atoms with Gasteiger partial charge in [0.25, 0.3) is 5.91 Å².